The predicted octanol–water partition coefficient (Wildman–Crippen LogP) is 4.22. The maximum absolute atomic E-state index is 13.4. The Morgan fingerprint density at radius 1 is 1.00 bits per heavy atom. The molecule has 2 aliphatic rings. The fraction of sp³-hybridized carbons (Fsp3) is 0.0400. The number of hydrogen-bond donors (Lipinski definition) is 0. The van der Waals surface area contributed by atoms with Gasteiger partial charge >= 0.3 is 0 Å². The van der Waals surface area contributed by atoms with Gasteiger partial charge in [-0.3, -0.25) is 9.59 Å². The lowest BCUT2D eigenvalue weighted by Crippen LogP contribution is -2.14. The third kappa shape index (κ3) is 2.50. The molecule has 3 aromatic carbocycles. The molecule has 2 heterocycles. The number of carbonyl (C=O) groups excluding carboxylic acids is 2. The summed E-state index contributed by atoms with van der Waals surface area (Å²) in [5.41, 5.74) is 3.28. The zero-order chi connectivity index (χ0) is 21.8. The number of ketones is 1. The van der Waals surface area contributed by atoms with Crippen LogP contribution in [0.1, 0.15) is 26.3 Å². The highest BCUT2D eigenvalue weighted by atomic mass is 16.7. The molecule has 152 valence electrons. The van der Waals surface area contributed by atoms with Crippen molar-refractivity contribution in [1.29, 1.82) is 5.26 Å². The minimum atomic E-state index is -0.578. The highest BCUT2D eigenvalue weighted by Gasteiger charge is 2.30. The van der Waals surface area contributed by atoms with E-state index in [1.54, 1.807) is 48.5 Å². The van der Waals surface area contributed by atoms with Gasteiger partial charge in [-0.25, -0.2) is 0 Å². The number of hydrogen-bond acceptors (Lipinski definition) is 6. The minimum Gasteiger partial charge on any atom is -0.454 e. The maximum Gasteiger partial charge on any atom is 0.289 e. The summed E-state index contributed by atoms with van der Waals surface area (Å²) >= 11 is 0. The Morgan fingerprint density at radius 3 is 2.62 bits per heavy atom. The van der Waals surface area contributed by atoms with Gasteiger partial charge in [0.25, 0.3) is 5.91 Å². The molecule has 0 N–H and O–H groups in total. The monoisotopic (exact) mass is 419 g/mol. The Bertz CT molecular complexity index is 1560. The van der Waals surface area contributed by atoms with Crippen LogP contribution in [0.5, 0.6) is 11.5 Å². The van der Waals surface area contributed by atoms with Crippen LogP contribution in [0.2, 0.25) is 0 Å². The average molecular weight is 419 g/mol. The molecule has 0 unspecified atom stereocenters. The van der Waals surface area contributed by atoms with Gasteiger partial charge in [0.05, 0.1) is 5.52 Å². The van der Waals surface area contributed by atoms with Gasteiger partial charge in [-0.1, -0.05) is 42.5 Å². The molecule has 1 aromatic heterocycles. The van der Waals surface area contributed by atoms with Gasteiger partial charge in [0.15, 0.2) is 17.3 Å². The molecular formula is C25H13N3O4. The summed E-state index contributed by atoms with van der Waals surface area (Å²) in [4.78, 5) is 26.3. The Hall–Kier alpha value is -4.70. The van der Waals surface area contributed by atoms with Crippen LogP contribution in [0.4, 0.5) is 0 Å². The summed E-state index contributed by atoms with van der Waals surface area (Å²) in [6.07, 6.45) is 1.49. The van der Waals surface area contributed by atoms with E-state index in [9.17, 15) is 14.9 Å². The molecule has 4 aromatic rings. The van der Waals surface area contributed by atoms with Crippen molar-refractivity contribution in [2.24, 2.45) is 0 Å². The zero-order valence-electron chi connectivity index (χ0n) is 16.5. The standard InChI is InChI=1S/C25H13N3O4/c26-12-15(10-14-8-9-20-21(11-14)32-13-31-20)25(30)28-19-7-3-6-18-22(19)23(27-28)16-4-1-2-5-17(16)24(18)29/h1-11H,13H2/b15-10+. The summed E-state index contributed by atoms with van der Waals surface area (Å²) in [7, 11) is 0. The van der Waals surface area contributed by atoms with E-state index in [2.05, 4.69) is 5.10 Å². The molecule has 0 spiro atoms. The quantitative estimate of drug-likeness (QED) is 0.314. The maximum atomic E-state index is 13.4. The second-order valence-electron chi connectivity index (χ2n) is 7.42. The Morgan fingerprint density at radius 2 is 1.78 bits per heavy atom. The first-order valence-corrected chi connectivity index (χ1v) is 9.88. The second-order valence-corrected chi connectivity index (χ2v) is 7.42. The lowest BCUT2D eigenvalue weighted by molar-refractivity contribution is 0.0951. The van der Waals surface area contributed by atoms with Gasteiger partial charge < -0.3 is 9.47 Å². The first-order chi connectivity index (χ1) is 15.7. The van der Waals surface area contributed by atoms with E-state index in [0.717, 1.165) is 0 Å². The second kappa shape index (κ2) is 6.65. The van der Waals surface area contributed by atoms with Gasteiger partial charge in [-0.15, -0.1) is 0 Å². The summed E-state index contributed by atoms with van der Waals surface area (Å²) in [6.45, 7) is 0.136. The first kappa shape index (κ1) is 18.1. The summed E-state index contributed by atoms with van der Waals surface area (Å²) in [5.74, 6) is 0.484. The van der Waals surface area contributed by atoms with E-state index in [0.29, 0.717) is 50.3 Å². The molecule has 0 saturated carbocycles. The minimum absolute atomic E-state index is 0.0934. The van der Waals surface area contributed by atoms with Gasteiger partial charge in [-0.2, -0.15) is 15.0 Å². The van der Waals surface area contributed by atoms with Gasteiger partial charge in [0, 0.05) is 22.1 Å². The van der Waals surface area contributed by atoms with Crippen molar-refractivity contribution in [3.8, 4) is 28.8 Å². The molecule has 7 nitrogen and oxygen atoms in total. The SMILES string of the molecule is N#C/C(=C\c1ccc2c(c1)OCO2)C(=O)n1nc2c3c(cccc31)C(=O)c1ccccc1-2. The van der Waals surface area contributed by atoms with Crippen molar-refractivity contribution in [1.82, 2.24) is 9.78 Å². The number of allylic oxidation sites excluding steroid dienone is 1. The number of nitrogens with zero attached hydrogens (tertiary/aromatic N) is 3. The normalized spacial score (nSPS) is 13.7. The molecule has 0 bridgehead atoms. The van der Waals surface area contributed by atoms with E-state index >= 15 is 0 Å². The molecular weight excluding hydrogens is 406 g/mol. The number of nitriles is 1. The molecule has 0 saturated heterocycles. The Labute approximate surface area is 181 Å². The fourth-order valence-corrected chi connectivity index (χ4v) is 4.16. The van der Waals surface area contributed by atoms with Crippen LogP contribution in [-0.2, 0) is 0 Å². The number of ether oxygens (including phenoxy) is 2. The summed E-state index contributed by atoms with van der Waals surface area (Å²) < 4.78 is 11.9. The molecule has 7 heteroatoms. The number of aromatic nitrogens is 2. The van der Waals surface area contributed by atoms with Gasteiger partial charge in [-0.05, 0) is 29.8 Å². The Kier molecular flexibility index (Phi) is 3.76. The van der Waals surface area contributed by atoms with Crippen LogP contribution in [-0.4, -0.2) is 28.3 Å². The number of rotatable bonds is 2. The lowest BCUT2D eigenvalue weighted by atomic mass is 9.87. The van der Waals surface area contributed by atoms with Crippen LogP contribution in [0.15, 0.2) is 66.2 Å². The molecule has 1 aliphatic carbocycles. The highest BCUT2D eigenvalue weighted by Crippen LogP contribution is 2.39. The molecule has 1 aliphatic heterocycles. The molecule has 0 atom stereocenters. The first-order valence-electron chi connectivity index (χ1n) is 9.88. The highest BCUT2D eigenvalue weighted by molar-refractivity contribution is 6.26. The van der Waals surface area contributed by atoms with E-state index in [4.69, 9.17) is 9.47 Å². The molecule has 6 rings (SSSR count). The van der Waals surface area contributed by atoms with E-state index < -0.39 is 5.91 Å². The van der Waals surface area contributed by atoms with Crippen molar-refractivity contribution in [2.45, 2.75) is 0 Å². The topological polar surface area (TPSA) is 94.2 Å². The molecule has 0 fully saturated rings. The average Bonchev–Trinajstić information content (AvgIpc) is 3.45. The fourth-order valence-electron chi connectivity index (χ4n) is 4.16. The van der Waals surface area contributed by atoms with E-state index in [1.807, 2.05) is 18.2 Å². The predicted molar refractivity (Wildman–Crippen MR) is 115 cm³/mol. The number of benzene rings is 3. The largest absolute Gasteiger partial charge is 0.454 e. The van der Waals surface area contributed by atoms with Crippen molar-refractivity contribution in [3.05, 3.63) is 82.9 Å². The van der Waals surface area contributed by atoms with Crippen molar-refractivity contribution < 1.29 is 19.1 Å². The van der Waals surface area contributed by atoms with Crippen LogP contribution in [0.3, 0.4) is 0 Å². The van der Waals surface area contributed by atoms with Gasteiger partial charge in [0.1, 0.15) is 17.3 Å². The lowest BCUT2D eigenvalue weighted by Gasteiger charge is -2.13. The molecule has 32 heavy (non-hydrogen) atoms. The Balaban J connectivity index is 1.51. The summed E-state index contributed by atoms with van der Waals surface area (Å²) in [6, 6.07) is 19.5. The van der Waals surface area contributed by atoms with Crippen LogP contribution < -0.4 is 9.47 Å². The number of fused-ring (bicyclic) bond motifs is 3. The molecule has 0 amide bonds. The summed E-state index contributed by atoms with van der Waals surface area (Å²) in [5, 5.41) is 14.9. The van der Waals surface area contributed by atoms with Crippen molar-refractivity contribution >= 4 is 28.7 Å². The van der Waals surface area contributed by atoms with Crippen LogP contribution in [0, 0.1) is 11.3 Å². The molecule has 0 radical (unpaired) electrons. The number of carbonyl (C=O) groups is 2. The smallest absolute Gasteiger partial charge is 0.289 e. The third-order valence-corrected chi connectivity index (χ3v) is 5.63. The third-order valence-electron chi connectivity index (χ3n) is 5.63. The van der Waals surface area contributed by atoms with Crippen LogP contribution in [0.25, 0.3) is 28.2 Å². The van der Waals surface area contributed by atoms with Crippen molar-refractivity contribution in [3.63, 3.8) is 0 Å². The van der Waals surface area contributed by atoms with Crippen LogP contribution >= 0.6 is 0 Å². The zero-order valence-corrected chi connectivity index (χ0v) is 16.5. The van der Waals surface area contributed by atoms with Crippen molar-refractivity contribution in [2.75, 3.05) is 6.79 Å². The van der Waals surface area contributed by atoms with E-state index in [1.165, 1.54) is 10.8 Å². The van der Waals surface area contributed by atoms with Gasteiger partial charge in [0.2, 0.25) is 6.79 Å². The van der Waals surface area contributed by atoms with E-state index in [-0.39, 0.29) is 18.1 Å².